The van der Waals surface area contributed by atoms with Gasteiger partial charge in [-0.25, -0.2) is 4.98 Å². The topological polar surface area (TPSA) is 80.9 Å². The van der Waals surface area contributed by atoms with Crippen molar-refractivity contribution in [2.45, 2.75) is 26.3 Å². The molecule has 0 saturated heterocycles. The molecule has 3 N–H and O–H groups in total. The maximum atomic E-state index is 10.7. The number of rotatable bonds is 6. The summed E-state index contributed by atoms with van der Waals surface area (Å²) in [5.41, 5.74) is 6.06. The Kier molecular flexibility index (Phi) is 4.70. The Labute approximate surface area is 89.1 Å². The molecule has 15 heavy (non-hydrogen) atoms. The van der Waals surface area contributed by atoms with Crippen LogP contribution in [0.1, 0.15) is 35.9 Å². The van der Waals surface area contributed by atoms with Crippen molar-refractivity contribution in [1.29, 1.82) is 0 Å². The Balaban J connectivity index is 2.39. The Morgan fingerprint density at radius 2 is 2.27 bits per heavy atom. The van der Waals surface area contributed by atoms with Crippen molar-refractivity contribution >= 4 is 5.91 Å². The van der Waals surface area contributed by atoms with Gasteiger partial charge in [0.05, 0.1) is 18.1 Å². The van der Waals surface area contributed by atoms with Crippen molar-refractivity contribution < 1.29 is 4.79 Å². The van der Waals surface area contributed by atoms with Crippen LogP contribution in [0.15, 0.2) is 12.4 Å². The van der Waals surface area contributed by atoms with Gasteiger partial charge in [0.1, 0.15) is 5.69 Å². The van der Waals surface area contributed by atoms with Gasteiger partial charge in [-0.15, -0.1) is 0 Å². The van der Waals surface area contributed by atoms with Crippen LogP contribution in [0.2, 0.25) is 0 Å². The van der Waals surface area contributed by atoms with Crippen molar-refractivity contribution in [3.63, 3.8) is 0 Å². The van der Waals surface area contributed by atoms with Crippen LogP contribution >= 0.6 is 0 Å². The predicted molar refractivity (Wildman–Crippen MR) is 57.2 cm³/mol. The summed E-state index contributed by atoms with van der Waals surface area (Å²) in [6, 6.07) is 0. The second-order valence-electron chi connectivity index (χ2n) is 3.29. The van der Waals surface area contributed by atoms with Crippen molar-refractivity contribution in [2.24, 2.45) is 5.73 Å². The summed E-state index contributed by atoms with van der Waals surface area (Å²) in [6.45, 7) is 3.78. The molecule has 1 rings (SSSR count). The van der Waals surface area contributed by atoms with E-state index >= 15 is 0 Å². The number of nitrogens with one attached hydrogen (secondary N) is 1. The second kappa shape index (κ2) is 6.08. The van der Waals surface area contributed by atoms with Gasteiger partial charge in [0.25, 0.3) is 5.91 Å². The summed E-state index contributed by atoms with van der Waals surface area (Å²) >= 11 is 0. The highest BCUT2D eigenvalue weighted by Gasteiger charge is 2.01. The van der Waals surface area contributed by atoms with Crippen molar-refractivity contribution in [1.82, 2.24) is 15.3 Å². The summed E-state index contributed by atoms with van der Waals surface area (Å²) in [5.74, 6) is -0.548. The van der Waals surface area contributed by atoms with Crippen LogP contribution in [0, 0.1) is 0 Å². The van der Waals surface area contributed by atoms with E-state index in [-0.39, 0.29) is 5.69 Å². The number of amides is 1. The first kappa shape index (κ1) is 11.6. The van der Waals surface area contributed by atoms with Crippen LogP contribution in [0.3, 0.4) is 0 Å². The van der Waals surface area contributed by atoms with Crippen LogP contribution in [-0.4, -0.2) is 22.4 Å². The van der Waals surface area contributed by atoms with Gasteiger partial charge >= 0.3 is 0 Å². The van der Waals surface area contributed by atoms with Crippen molar-refractivity contribution in [3.05, 3.63) is 23.8 Å². The Morgan fingerprint density at radius 1 is 1.47 bits per heavy atom. The zero-order valence-corrected chi connectivity index (χ0v) is 8.86. The molecular weight excluding hydrogens is 192 g/mol. The number of hydrogen-bond acceptors (Lipinski definition) is 4. The highest BCUT2D eigenvalue weighted by atomic mass is 16.1. The molecule has 0 radical (unpaired) electrons. The molecule has 0 aliphatic carbocycles. The first-order chi connectivity index (χ1) is 7.24. The monoisotopic (exact) mass is 208 g/mol. The average Bonchev–Trinajstić information content (AvgIpc) is 2.25. The van der Waals surface area contributed by atoms with E-state index < -0.39 is 5.91 Å². The molecule has 0 atom stereocenters. The number of nitrogens with zero attached hydrogens (tertiary/aromatic N) is 2. The predicted octanol–water partition coefficient (Wildman–Crippen LogP) is 0.465. The van der Waals surface area contributed by atoms with Gasteiger partial charge in [0.2, 0.25) is 0 Å². The van der Waals surface area contributed by atoms with Crippen LogP contribution < -0.4 is 11.1 Å². The maximum absolute atomic E-state index is 10.7. The molecule has 0 spiro atoms. The standard InChI is InChI=1S/C10H16N4O/c1-2-3-4-12-5-8-6-14-9(7-13-8)10(11)15/h6-7,12H,2-5H2,1H3,(H2,11,15). The molecule has 0 aliphatic rings. The third-order valence-corrected chi connectivity index (χ3v) is 1.97. The smallest absolute Gasteiger partial charge is 0.268 e. The first-order valence-electron chi connectivity index (χ1n) is 5.05. The summed E-state index contributed by atoms with van der Waals surface area (Å²) in [4.78, 5) is 18.7. The SMILES string of the molecule is CCCCNCc1cnc(C(N)=O)cn1. The molecule has 0 saturated carbocycles. The number of primary amides is 1. The van der Waals surface area contributed by atoms with Gasteiger partial charge in [-0.2, -0.15) is 0 Å². The summed E-state index contributed by atoms with van der Waals surface area (Å²) < 4.78 is 0. The number of aromatic nitrogens is 2. The number of unbranched alkanes of at least 4 members (excludes halogenated alkanes) is 1. The average molecular weight is 208 g/mol. The van der Waals surface area contributed by atoms with E-state index in [0.717, 1.165) is 18.7 Å². The molecule has 0 bridgehead atoms. The van der Waals surface area contributed by atoms with Gasteiger partial charge in [0.15, 0.2) is 0 Å². The molecule has 0 fully saturated rings. The van der Waals surface area contributed by atoms with E-state index in [1.54, 1.807) is 6.20 Å². The van der Waals surface area contributed by atoms with Gasteiger partial charge in [-0.3, -0.25) is 9.78 Å². The molecule has 1 aromatic rings. The highest BCUT2D eigenvalue weighted by molar-refractivity contribution is 5.90. The lowest BCUT2D eigenvalue weighted by molar-refractivity contribution is 0.0995. The number of carbonyl (C=O) groups excluding carboxylic acids is 1. The van der Waals surface area contributed by atoms with Crippen molar-refractivity contribution in [3.8, 4) is 0 Å². The minimum Gasteiger partial charge on any atom is -0.364 e. The van der Waals surface area contributed by atoms with Crippen molar-refractivity contribution in [2.75, 3.05) is 6.54 Å². The zero-order valence-electron chi connectivity index (χ0n) is 8.86. The van der Waals surface area contributed by atoms with E-state index in [1.165, 1.54) is 12.6 Å². The number of carbonyl (C=O) groups is 1. The Hall–Kier alpha value is -1.49. The Bertz CT molecular complexity index is 310. The number of hydrogen-bond donors (Lipinski definition) is 2. The first-order valence-corrected chi connectivity index (χ1v) is 5.05. The van der Waals surface area contributed by atoms with E-state index in [0.29, 0.717) is 6.54 Å². The highest BCUT2D eigenvalue weighted by Crippen LogP contribution is 1.94. The Morgan fingerprint density at radius 3 is 2.80 bits per heavy atom. The quantitative estimate of drug-likeness (QED) is 0.666. The maximum Gasteiger partial charge on any atom is 0.268 e. The third kappa shape index (κ3) is 4.03. The fraction of sp³-hybridized carbons (Fsp3) is 0.500. The molecule has 82 valence electrons. The summed E-state index contributed by atoms with van der Waals surface area (Å²) in [7, 11) is 0. The lowest BCUT2D eigenvalue weighted by Crippen LogP contribution is -2.17. The van der Waals surface area contributed by atoms with Gasteiger partial charge < -0.3 is 11.1 Å². The minimum absolute atomic E-state index is 0.201. The third-order valence-electron chi connectivity index (χ3n) is 1.97. The van der Waals surface area contributed by atoms with Gasteiger partial charge in [0, 0.05) is 6.54 Å². The molecule has 1 heterocycles. The van der Waals surface area contributed by atoms with Crippen LogP contribution in [0.5, 0.6) is 0 Å². The van der Waals surface area contributed by atoms with E-state index in [9.17, 15) is 4.79 Å². The van der Waals surface area contributed by atoms with Crippen LogP contribution in [-0.2, 0) is 6.54 Å². The number of nitrogens with two attached hydrogens (primary N) is 1. The van der Waals surface area contributed by atoms with Gasteiger partial charge in [-0.1, -0.05) is 13.3 Å². The fourth-order valence-corrected chi connectivity index (χ4v) is 1.09. The lowest BCUT2D eigenvalue weighted by atomic mass is 10.3. The molecule has 1 aromatic heterocycles. The molecular formula is C10H16N4O. The fourth-order valence-electron chi connectivity index (χ4n) is 1.09. The molecule has 5 nitrogen and oxygen atoms in total. The van der Waals surface area contributed by atoms with Crippen LogP contribution in [0.25, 0.3) is 0 Å². The van der Waals surface area contributed by atoms with E-state index in [4.69, 9.17) is 5.73 Å². The van der Waals surface area contributed by atoms with Gasteiger partial charge in [-0.05, 0) is 13.0 Å². The largest absolute Gasteiger partial charge is 0.364 e. The molecule has 0 aromatic carbocycles. The normalized spacial score (nSPS) is 10.2. The molecule has 1 amide bonds. The second-order valence-corrected chi connectivity index (χ2v) is 3.29. The summed E-state index contributed by atoms with van der Waals surface area (Å²) in [6.07, 6.45) is 5.28. The van der Waals surface area contributed by atoms with E-state index in [1.807, 2.05) is 0 Å². The lowest BCUT2D eigenvalue weighted by Gasteiger charge is -2.02. The molecule has 0 aliphatic heterocycles. The zero-order chi connectivity index (χ0) is 11.1. The summed E-state index contributed by atoms with van der Waals surface area (Å²) in [5, 5.41) is 3.23. The molecule has 0 unspecified atom stereocenters. The molecule has 5 heteroatoms. The minimum atomic E-state index is -0.548. The van der Waals surface area contributed by atoms with E-state index in [2.05, 4.69) is 22.2 Å². The van der Waals surface area contributed by atoms with Crippen LogP contribution in [0.4, 0.5) is 0 Å².